The summed E-state index contributed by atoms with van der Waals surface area (Å²) in [5, 5.41) is 2.29. The molecule has 1 heterocycles. The fourth-order valence-electron chi connectivity index (χ4n) is 2.85. The normalized spacial score (nSPS) is 10.9. The predicted octanol–water partition coefficient (Wildman–Crippen LogP) is 5.80. The fourth-order valence-corrected chi connectivity index (χ4v) is 2.85. The highest BCUT2D eigenvalue weighted by molar-refractivity contribution is 6.02. The van der Waals surface area contributed by atoms with Crippen molar-refractivity contribution in [1.29, 1.82) is 0 Å². The topological polar surface area (TPSA) is 42.9 Å². The van der Waals surface area contributed by atoms with Crippen molar-refractivity contribution in [3.8, 4) is 0 Å². The molecule has 0 aliphatic carbocycles. The maximum Gasteiger partial charge on any atom is 0.165 e. The van der Waals surface area contributed by atoms with Gasteiger partial charge in [-0.3, -0.25) is 4.79 Å². The van der Waals surface area contributed by atoms with E-state index in [0.29, 0.717) is 5.56 Å². The summed E-state index contributed by atoms with van der Waals surface area (Å²) in [7, 11) is 0. The van der Waals surface area contributed by atoms with Gasteiger partial charge in [0.15, 0.2) is 5.78 Å². The lowest BCUT2D eigenvalue weighted by Crippen LogP contribution is -2.07. The van der Waals surface area contributed by atoms with E-state index < -0.39 is 0 Å². The summed E-state index contributed by atoms with van der Waals surface area (Å²) in [5.74, 6) is 0.108. The zero-order valence-corrected chi connectivity index (χ0v) is 15.1. The van der Waals surface area contributed by atoms with Crippen LogP contribution < -0.4 is 0 Å². The minimum Gasteiger partial charge on any atom is -0.294 e. The molecule has 126 valence electrons. The van der Waals surface area contributed by atoms with Gasteiger partial charge in [-0.2, -0.15) is 0 Å². The van der Waals surface area contributed by atoms with Crippen LogP contribution in [0.5, 0.6) is 0 Å². The van der Waals surface area contributed by atoms with Crippen LogP contribution in [0.4, 0.5) is 0 Å². The van der Waals surface area contributed by atoms with Crippen molar-refractivity contribution < 1.29 is 4.79 Å². The number of benzene rings is 3. The number of carbonyl (C=O) groups is 1. The largest absolute Gasteiger partial charge is 0.294 e. The van der Waals surface area contributed by atoms with E-state index >= 15 is 0 Å². The molecule has 3 heteroatoms. The SMILES string of the molecule is CC.CC(C)C(=O)c1ccc2nc3cc4ccccc4cc3nc2c1. The summed E-state index contributed by atoms with van der Waals surface area (Å²) >= 11 is 0. The molecule has 1 aromatic heterocycles. The predicted molar refractivity (Wildman–Crippen MR) is 105 cm³/mol. The van der Waals surface area contributed by atoms with E-state index in [0.717, 1.165) is 32.8 Å². The lowest BCUT2D eigenvalue weighted by Gasteiger charge is -2.07. The minimum atomic E-state index is -0.0233. The Labute approximate surface area is 147 Å². The van der Waals surface area contributed by atoms with Gasteiger partial charge in [0.2, 0.25) is 0 Å². The summed E-state index contributed by atoms with van der Waals surface area (Å²) in [5.41, 5.74) is 4.00. The highest BCUT2D eigenvalue weighted by atomic mass is 16.1. The number of aromatic nitrogens is 2. The molecule has 0 aliphatic rings. The van der Waals surface area contributed by atoms with Crippen LogP contribution in [-0.2, 0) is 0 Å². The second-order valence-electron chi connectivity index (χ2n) is 6.13. The van der Waals surface area contributed by atoms with Crippen LogP contribution in [0, 0.1) is 5.92 Å². The van der Waals surface area contributed by atoms with Crippen LogP contribution in [-0.4, -0.2) is 15.8 Å². The van der Waals surface area contributed by atoms with E-state index in [-0.39, 0.29) is 11.7 Å². The smallest absolute Gasteiger partial charge is 0.165 e. The Morgan fingerprint density at radius 2 is 1.28 bits per heavy atom. The van der Waals surface area contributed by atoms with Gasteiger partial charge in [-0.25, -0.2) is 9.97 Å². The molecule has 0 bridgehead atoms. The van der Waals surface area contributed by atoms with Crippen molar-refractivity contribution in [2.45, 2.75) is 27.7 Å². The Morgan fingerprint density at radius 1 is 0.760 bits per heavy atom. The number of carbonyl (C=O) groups excluding carboxylic acids is 1. The van der Waals surface area contributed by atoms with E-state index in [4.69, 9.17) is 9.97 Å². The number of fused-ring (bicyclic) bond motifs is 3. The molecule has 4 rings (SSSR count). The van der Waals surface area contributed by atoms with E-state index in [1.54, 1.807) is 0 Å². The first-order valence-electron chi connectivity index (χ1n) is 8.76. The summed E-state index contributed by atoms with van der Waals surface area (Å²) in [4.78, 5) is 21.6. The third-order valence-electron chi connectivity index (χ3n) is 4.11. The maximum absolute atomic E-state index is 12.2. The quantitative estimate of drug-likeness (QED) is 0.344. The third-order valence-corrected chi connectivity index (χ3v) is 4.11. The number of rotatable bonds is 2. The summed E-state index contributed by atoms with van der Waals surface area (Å²) in [6.45, 7) is 7.81. The molecule has 0 fully saturated rings. The first-order chi connectivity index (χ1) is 12.1. The standard InChI is InChI=1S/C20H16N2O.C2H6/c1-12(2)20(23)15-7-8-16-17(11-15)22-19-10-14-6-4-3-5-13(14)9-18(19)21-16;1-2/h3-12H,1-2H3;1-2H3. The molecule has 0 N–H and O–H groups in total. The van der Waals surface area contributed by atoms with Gasteiger partial charge in [-0.15, -0.1) is 0 Å². The van der Waals surface area contributed by atoms with Gasteiger partial charge in [0.1, 0.15) is 0 Å². The fraction of sp³-hybridized carbons (Fsp3) is 0.227. The Morgan fingerprint density at radius 3 is 1.84 bits per heavy atom. The van der Waals surface area contributed by atoms with E-state index in [9.17, 15) is 4.79 Å². The Kier molecular flexibility index (Phi) is 4.75. The molecule has 0 spiro atoms. The van der Waals surface area contributed by atoms with Crippen molar-refractivity contribution >= 4 is 38.6 Å². The summed E-state index contributed by atoms with van der Waals surface area (Å²) in [6, 6.07) is 17.9. The number of hydrogen-bond donors (Lipinski definition) is 0. The molecular formula is C22H22N2O. The molecule has 3 aromatic carbocycles. The third kappa shape index (κ3) is 3.22. The summed E-state index contributed by atoms with van der Waals surface area (Å²) in [6.07, 6.45) is 0. The maximum atomic E-state index is 12.2. The van der Waals surface area contributed by atoms with Gasteiger partial charge in [0.05, 0.1) is 22.1 Å². The molecular weight excluding hydrogens is 308 g/mol. The molecule has 0 unspecified atom stereocenters. The lowest BCUT2D eigenvalue weighted by atomic mass is 10.0. The minimum absolute atomic E-state index is 0.0233. The summed E-state index contributed by atoms with van der Waals surface area (Å²) < 4.78 is 0. The molecule has 25 heavy (non-hydrogen) atoms. The number of nitrogens with zero attached hydrogens (tertiary/aromatic N) is 2. The molecule has 3 nitrogen and oxygen atoms in total. The van der Waals surface area contributed by atoms with Crippen molar-refractivity contribution in [3.05, 3.63) is 60.2 Å². The highest BCUT2D eigenvalue weighted by Gasteiger charge is 2.12. The van der Waals surface area contributed by atoms with Crippen molar-refractivity contribution in [2.24, 2.45) is 5.92 Å². The van der Waals surface area contributed by atoms with Gasteiger partial charge >= 0.3 is 0 Å². The Hall–Kier alpha value is -2.81. The highest BCUT2D eigenvalue weighted by Crippen LogP contribution is 2.23. The van der Waals surface area contributed by atoms with E-state index in [1.165, 1.54) is 0 Å². The van der Waals surface area contributed by atoms with Crippen LogP contribution in [0.15, 0.2) is 54.6 Å². The zero-order chi connectivity index (χ0) is 18.0. The van der Waals surface area contributed by atoms with Gasteiger partial charge in [0, 0.05) is 11.5 Å². The first-order valence-corrected chi connectivity index (χ1v) is 8.76. The second-order valence-corrected chi connectivity index (χ2v) is 6.13. The van der Waals surface area contributed by atoms with Crippen LogP contribution in [0.3, 0.4) is 0 Å². The van der Waals surface area contributed by atoms with Crippen molar-refractivity contribution in [3.63, 3.8) is 0 Å². The van der Waals surface area contributed by atoms with Gasteiger partial charge in [-0.1, -0.05) is 52.0 Å². The van der Waals surface area contributed by atoms with Crippen LogP contribution >= 0.6 is 0 Å². The number of Topliss-reactive ketones (excluding diaryl/α,β-unsaturated/α-hetero) is 1. The number of ketones is 1. The van der Waals surface area contributed by atoms with Crippen LogP contribution in [0.25, 0.3) is 32.8 Å². The first kappa shape index (κ1) is 17.0. The average Bonchev–Trinajstić information content (AvgIpc) is 2.65. The molecule has 0 aliphatic heterocycles. The Balaban J connectivity index is 0.000000880. The molecule has 0 saturated carbocycles. The zero-order valence-electron chi connectivity index (χ0n) is 15.1. The van der Waals surface area contributed by atoms with Gasteiger partial charge < -0.3 is 0 Å². The second kappa shape index (κ2) is 6.98. The molecule has 0 radical (unpaired) electrons. The van der Waals surface area contributed by atoms with Gasteiger partial charge in [0.25, 0.3) is 0 Å². The molecule has 0 atom stereocenters. The molecule has 0 saturated heterocycles. The monoisotopic (exact) mass is 330 g/mol. The van der Waals surface area contributed by atoms with Gasteiger partial charge in [-0.05, 0) is 41.1 Å². The van der Waals surface area contributed by atoms with Crippen LogP contribution in [0.2, 0.25) is 0 Å². The average molecular weight is 330 g/mol. The molecule has 0 amide bonds. The van der Waals surface area contributed by atoms with Crippen molar-refractivity contribution in [2.75, 3.05) is 0 Å². The van der Waals surface area contributed by atoms with E-state index in [2.05, 4.69) is 18.2 Å². The van der Waals surface area contributed by atoms with Crippen molar-refractivity contribution in [1.82, 2.24) is 9.97 Å². The lowest BCUT2D eigenvalue weighted by molar-refractivity contribution is 0.0939. The van der Waals surface area contributed by atoms with E-state index in [1.807, 2.05) is 64.1 Å². The van der Waals surface area contributed by atoms with Crippen LogP contribution in [0.1, 0.15) is 38.1 Å². The number of hydrogen-bond acceptors (Lipinski definition) is 3. The molecule has 4 aromatic rings. The Bertz CT molecular complexity index is 1070.